The Morgan fingerprint density at radius 2 is 1.96 bits per heavy atom. The summed E-state index contributed by atoms with van der Waals surface area (Å²) >= 11 is 4.99. The fourth-order valence-electron chi connectivity index (χ4n) is 2.05. The van der Waals surface area contributed by atoms with Gasteiger partial charge in [0.2, 0.25) is 0 Å². The molecule has 0 aliphatic heterocycles. The predicted molar refractivity (Wildman–Crippen MR) is 99.7 cm³/mol. The molecule has 3 rings (SSSR count). The second-order valence-corrected chi connectivity index (χ2v) is 8.33. The van der Waals surface area contributed by atoms with Crippen molar-refractivity contribution < 1.29 is 0 Å². The van der Waals surface area contributed by atoms with Gasteiger partial charge in [-0.25, -0.2) is 4.98 Å². The third-order valence-corrected chi connectivity index (χ3v) is 6.21. The molecule has 3 nitrogen and oxygen atoms in total. The van der Waals surface area contributed by atoms with Gasteiger partial charge in [-0.1, -0.05) is 36.0 Å². The van der Waals surface area contributed by atoms with E-state index < -0.39 is 0 Å². The van der Waals surface area contributed by atoms with Crippen LogP contribution in [0.5, 0.6) is 0 Å². The van der Waals surface area contributed by atoms with Crippen LogP contribution in [0, 0.1) is 6.92 Å². The van der Waals surface area contributed by atoms with Crippen LogP contribution in [0.1, 0.15) is 16.1 Å². The smallest absolute Gasteiger partial charge is 0.254 e. The average molecular weight is 361 g/mol. The molecule has 0 fully saturated rings. The zero-order valence-corrected chi connectivity index (χ0v) is 15.1. The number of aromatic amines is 1. The first kappa shape index (κ1) is 16.4. The van der Waals surface area contributed by atoms with Crippen LogP contribution >= 0.6 is 34.9 Å². The summed E-state index contributed by atoms with van der Waals surface area (Å²) in [6.07, 6.45) is 0.715. The van der Waals surface area contributed by atoms with E-state index in [1.54, 1.807) is 34.9 Å². The van der Waals surface area contributed by atoms with Crippen molar-refractivity contribution in [2.45, 2.75) is 23.4 Å². The van der Waals surface area contributed by atoms with Crippen LogP contribution in [0.4, 0.5) is 0 Å². The van der Waals surface area contributed by atoms with Crippen molar-refractivity contribution >= 4 is 34.9 Å². The Labute approximate surface area is 147 Å². The Balaban J connectivity index is 1.70. The average Bonchev–Trinajstić information content (AvgIpc) is 3.06. The van der Waals surface area contributed by atoms with Gasteiger partial charge in [-0.05, 0) is 30.5 Å². The fourth-order valence-corrected chi connectivity index (χ4v) is 4.67. The lowest BCUT2D eigenvalue weighted by molar-refractivity contribution is 0.863. The van der Waals surface area contributed by atoms with Gasteiger partial charge in [-0.3, -0.25) is 4.79 Å². The highest BCUT2D eigenvalue weighted by molar-refractivity contribution is 8.15. The molecule has 0 saturated heterocycles. The molecule has 0 amide bonds. The number of nitrogens with one attached hydrogen (secondary N) is 1. The SMILES string of the molecule is Cc1c(Cc2cccs2)nc(SCSc2ccccc2)[nH]c1=O. The Morgan fingerprint density at radius 1 is 1.13 bits per heavy atom. The van der Waals surface area contributed by atoms with Crippen LogP contribution in [0.2, 0.25) is 0 Å². The number of H-pyrrole nitrogens is 1. The van der Waals surface area contributed by atoms with Crippen LogP contribution in [0.3, 0.4) is 0 Å². The second kappa shape index (κ2) is 7.86. The summed E-state index contributed by atoms with van der Waals surface area (Å²) in [7, 11) is 0. The standard InChI is InChI=1S/C17H16N2OS3/c1-12-15(10-14-8-5-9-21-14)18-17(19-16(12)20)23-11-22-13-6-3-2-4-7-13/h2-9H,10-11H2,1H3,(H,18,19,20). The van der Waals surface area contributed by atoms with E-state index in [0.717, 1.165) is 10.8 Å². The molecule has 0 unspecified atom stereocenters. The molecule has 6 heteroatoms. The molecular weight excluding hydrogens is 344 g/mol. The zero-order valence-electron chi connectivity index (χ0n) is 12.6. The maximum absolute atomic E-state index is 12.1. The van der Waals surface area contributed by atoms with Crippen molar-refractivity contribution in [3.63, 3.8) is 0 Å². The molecule has 0 aliphatic rings. The molecule has 0 atom stereocenters. The van der Waals surface area contributed by atoms with Crippen molar-refractivity contribution in [2.75, 3.05) is 5.08 Å². The number of nitrogens with zero attached hydrogens (tertiary/aromatic N) is 1. The maximum atomic E-state index is 12.1. The van der Waals surface area contributed by atoms with Crippen molar-refractivity contribution in [3.05, 3.63) is 74.3 Å². The van der Waals surface area contributed by atoms with Gasteiger partial charge in [0.05, 0.1) is 10.8 Å². The molecule has 2 aromatic heterocycles. The quantitative estimate of drug-likeness (QED) is 0.397. The van der Waals surface area contributed by atoms with Crippen molar-refractivity contribution in [1.82, 2.24) is 9.97 Å². The lowest BCUT2D eigenvalue weighted by Crippen LogP contribution is -2.16. The third-order valence-electron chi connectivity index (χ3n) is 3.32. The summed E-state index contributed by atoms with van der Waals surface area (Å²) in [5.41, 5.74) is 1.53. The van der Waals surface area contributed by atoms with Crippen LogP contribution in [-0.4, -0.2) is 15.1 Å². The lowest BCUT2D eigenvalue weighted by atomic mass is 10.2. The minimum Gasteiger partial charge on any atom is -0.301 e. The zero-order chi connectivity index (χ0) is 16.1. The number of thiophene rings is 1. The van der Waals surface area contributed by atoms with Gasteiger partial charge in [0.15, 0.2) is 5.16 Å². The minimum absolute atomic E-state index is 0.0428. The third kappa shape index (κ3) is 4.50. The van der Waals surface area contributed by atoms with Gasteiger partial charge in [-0.15, -0.1) is 23.1 Å². The van der Waals surface area contributed by atoms with E-state index in [2.05, 4.69) is 28.2 Å². The molecule has 0 bridgehead atoms. The lowest BCUT2D eigenvalue weighted by Gasteiger charge is -2.06. The van der Waals surface area contributed by atoms with E-state index in [-0.39, 0.29) is 5.56 Å². The van der Waals surface area contributed by atoms with E-state index in [0.29, 0.717) is 17.1 Å². The van der Waals surface area contributed by atoms with Gasteiger partial charge in [0.1, 0.15) is 0 Å². The predicted octanol–water partition coefficient (Wildman–Crippen LogP) is 4.57. The number of hydrogen-bond acceptors (Lipinski definition) is 5. The number of aromatic nitrogens is 2. The van der Waals surface area contributed by atoms with Crippen LogP contribution in [-0.2, 0) is 6.42 Å². The highest BCUT2D eigenvalue weighted by Crippen LogP contribution is 2.25. The first-order valence-corrected chi connectivity index (χ1v) is 10.0. The molecule has 0 spiro atoms. The Bertz CT molecular complexity index is 814. The monoisotopic (exact) mass is 360 g/mol. The van der Waals surface area contributed by atoms with Crippen LogP contribution in [0.25, 0.3) is 0 Å². The molecule has 2 heterocycles. The summed E-state index contributed by atoms with van der Waals surface area (Å²) in [6.45, 7) is 1.84. The van der Waals surface area contributed by atoms with E-state index >= 15 is 0 Å². The molecule has 1 aromatic carbocycles. The molecule has 0 radical (unpaired) electrons. The molecule has 0 saturated carbocycles. The van der Waals surface area contributed by atoms with Crippen LogP contribution in [0.15, 0.2) is 62.7 Å². The largest absolute Gasteiger partial charge is 0.301 e. The molecule has 118 valence electrons. The van der Waals surface area contributed by atoms with E-state index in [1.165, 1.54) is 9.77 Å². The number of rotatable bonds is 6. The Kier molecular flexibility index (Phi) is 5.59. The van der Waals surface area contributed by atoms with E-state index in [9.17, 15) is 4.79 Å². The molecule has 3 aromatic rings. The number of hydrogen-bond donors (Lipinski definition) is 1. The van der Waals surface area contributed by atoms with Gasteiger partial charge >= 0.3 is 0 Å². The molecule has 1 N–H and O–H groups in total. The summed E-state index contributed by atoms with van der Waals surface area (Å²) in [6, 6.07) is 14.3. The number of benzene rings is 1. The van der Waals surface area contributed by atoms with E-state index in [4.69, 9.17) is 0 Å². The first-order chi connectivity index (χ1) is 11.2. The fraction of sp³-hybridized carbons (Fsp3) is 0.176. The summed E-state index contributed by atoms with van der Waals surface area (Å²) in [5.74, 6) is 0. The van der Waals surface area contributed by atoms with Gasteiger partial charge < -0.3 is 4.98 Å². The maximum Gasteiger partial charge on any atom is 0.254 e. The highest BCUT2D eigenvalue weighted by Gasteiger charge is 2.09. The summed E-state index contributed by atoms with van der Waals surface area (Å²) in [5, 5.41) is 3.55. The van der Waals surface area contributed by atoms with Gasteiger partial charge in [0, 0.05) is 21.8 Å². The topological polar surface area (TPSA) is 45.8 Å². The molecule has 0 aliphatic carbocycles. The minimum atomic E-state index is -0.0428. The second-order valence-electron chi connectivity index (χ2n) is 4.92. The highest BCUT2D eigenvalue weighted by atomic mass is 32.2. The summed E-state index contributed by atoms with van der Waals surface area (Å²) < 4.78 is 0. The van der Waals surface area contributed by atoms with Crippen molar-refractivity contribution in [2.24, 2.45) is 0 Å². The van der Waals surface area contributed by atoms with Gasteiger partial charge in [0.25, 0.3) is 5.56 Å². The first-order valence-electron chi connectivity index (χ1n) is 7.15. The Morgan fingerprint density at radius 3 is 2.70 bits per heavy atom. The van der Waals surface area contributed by atoms with Gasteiger partial charge in [-0.2, -0.15) is 0 Å². The number of thioether (sulfide) groups is 2. The molecule has 23 heavy (non-hydrogen) atoms. The van der Waals surface area contributed by atoms with Crippen LogP contribution < -0.4 is 5.56 Å². The Hall–Kier alpha value is -1.50. The normalized spacial score (nSPS) is 10.8. The summed E-state index contributed by atoms with van der Waals surface area (Å²) in [4.78, 5) is 22.1. The van der Waals surface area contributed by atoms with Crippen molar-refractivity contribution in [3.8, 4) is 0 Å². The van der Waals surface area contributed by atoms with E-state index in [1.807, 2.05) is 36.6 Å². The molecular formula is C17H16N2OS3. The van der Waals surface area contributed by atoms with Crippen molar-refractivity contribution in [1.29, 1.82) is 0 Å².